The van der Waals surface area contributed by atoms with E-state index in [9.17, 15) is 5.11 Å². The molecule has 0 aromatic heterocycles. The van der Waals surface area contributed by atoms with Gasteiger partial charge in [-0.15, -0.1) is 0 Å². The number of hydrogen-bond acceptors (Lipinski definition) is 3. The highest BCUT2D eigenvalue weighted by atomic mass is 79.9. The molecule has 0 saturated carbocycles. The molecule has 0 bridgehead atoms. The normalized spacial score (nSPS) is 11.5. The molecule has 1 rings (SSSR count). The number of hydrogen-bond donors (Lipinski definition) is 2. The van der Waals surface area contributed by atoms with Crippen molar-refractivity contribution < 1.29 is 9.84 Å². The van der Waals surface area contributed by atoms with Crippen molar-refractivity contribution in [3.63, 3.8) is 0 Å². The van der Waals surface area contributed by atoms with Gasteiger partial charge in [-0.05, 0) is 54.4 Å². The van der Waals surface area contributed by atoms with Gasteiger partial charge in [0.2, 0.25) is 0 Å². The predicted octanol–water partition coefficient (Wildman–Crippen LogP) is 2.75. The summed E-state index contributed by atoms with van der Waals surface area (Å²) in [5, 5.41) is 9.71. The second kappa shape index (κ2) is 4.41. The van der Waals surface area contributed by atoms with Crippen molar-refractivity contribution >= 4 is 15.9 Å². The summed E-state index contributed by atoms with van der Waals surface area (Å²) in [5.74, 6) is 0.574. The van der Waals surface area contributed by atoms with Crippen LogP contribution >= 0.6 is 15.9 Å². The van der Waals surface area contributed by atoms with Crippen LogP contribution in [0.15, 0.2) is 16.6 Å². The maximum Gasteiger partial charge on any atom is 0.172 e. The van der Waals surface area contributed by atoms with Crippen LogP contribution in [0.5, 0.6) is 11.5 Å². The van der Waals surface area contributed by atoms with E-state index in [1.807, 2.05) is 20.8 Å². The van der Waals surface area contributed by atoms with Crippen LogP contribution in [0.1, 0.15) is 26.3 Å². The molecular formula is C11H16BrNO2. The molecule has 0 spiro atoms. The zero-order chi connectivity index (χ0) is 11.6. The molecule has 1 aromatic carbocycles. The highest BCUT2D eigenvalue weighted by Crippen LogP contribution is 2.37. The number of benzene rings is 1. The lowest BCUT2D eigenvalue weighted by atomic mass is 9.95. The smallest absolute Gasteiger partial charge is 0.172 e. The molecular weight excluding hydrogens is 258 g/mol. The summed E-state index contributed by atoms with van der Waals surface area (Å²) < 4.78 is 5.92. The van der Waals surface area contributed by atoms with E-state index >= 15 is 0 Å². The van der Waals surface area contributed by atoms with E-state index in [2.05, 4.69) is 15.9 Å². The molecule has 84 valence electrons. The molecule has 0 unspecified atom stereocenters. The molecule has 0 radical (unpaired) electrons. The molecule has 1 aromatic rings. The molecule has 0 fully saturated rings. The van der Waals surface area contributed by atoms with Gasteiger partial charge in [0.1, 0.15) is 0 Å². The zero-order valence-corrected chi connectivity index (χ0v) is 10.8. The van der Waals surface area contributed by atoms with Crippen molar-refractivity contribution in [1.29, 1.82) is 0 Å². The average molecular weight is 274 g/mol. The lowest BCUT2D eigenvalue weighted by molar-refractivity contribution is 0.316. The van der Waals surface area contributed by atoms with Gasteiger partial charge >= 0.3 is 0 Å². The maximum atomic E-state index is 9.71. The average Bonchev–Trinajstić information content (AvgIpc) is 2.11. The van der Waals surface area contributed by atoms with E-state index in [0.717, 1.165) is 5.56 Å². The first-order valence-corrected chi connectivity index (χ1v) is 5.60. The molecule has 4 heteroatoms. The molecule has 0 heterocycles. The van der Waals surface area contributed by atoms with Gasteiger partial charge < -0.3 is 15.6 Å². The van der Waals surface area contributed by atoms with E-state index in [-0.39, 0.29) is 5.75 Å². The molecule has 0 aliphatic heterocycles. The first kappa shape index (κ1) is 12.3. The highest BCUT2D eigenvalue weighted by Gasteiger charge is 2.18. The minimum Gasteiger partial charge on any atom is -0.503 e. The van der Waals surface area contributed by atoms with Gasteiger partial charge in [-0.3, -0.25) is 0 Å². The predicted molar refractivity (Wildman–Crippen MR) is 64.2 cm³/mol. The fourth-order valence-electron chi connectivity index (χ4n) is 1.21. The Morgan fingerprint density at radius 3 is 2.53 bits per heavy atom. The standard InChI is InChI=1S/C11H16BrNO2/c1-4-15-9-6-7(11(2,3)13)5-8(12)10(9)14/h5-6,14H,4,13H2,1-3H3. The zero-order valence-electron chi connectivity index (χ0n) is 9.17. The van der Waals surface area contributed by atoms with Gasteiger partial charge in [0.15, 0.2) is 11.5 Å². The summed E-state index contributed by atoms with van der Waals surface area (Å²) in [6.45, 7) is 6.19. The third kappa shape index (κ3) is 2.86. The van der Waals surface area contributed by atoms with Crippen molar-refractivity contribution in [2.24, 2.45) is 5.73 Å². The van der Waals surface area contributed by atoms with E-state index in [4.69, 9.17) is 10.5 Å². The Morgan fingerprint density at radius 1 is 1.47 bits per heavy atom. The number of nitrogens with two attached hydrogens (primary N) is 1. The van der Waals surface area contributed by atoms with Crippen molar-refractivity contribution in [3.05, 3.63) is 22.2 Å². The number of ether oxygens (including phenoxy) is 1. The van der Waals surface area contributed by atoms with Crippen LogP contribution in [0.3, 0.4) is 0 Å². The lowest BCUT2D eigenvalue weighted by Crippen LogP contribution is -2.28. The molecule has 0 saturated heterocycles. The number of rotatable bonds is 3. The van der Waals surface area contributed by atoms with Crippen molar-refractivity contribution in [2.75, 3.05) is 6.61 Å². The fourth-order valence-corrected chi connectivity index (χ4v) is 1.65. The van der Waals surface area contributed by atoms with E-state index in [0.29, 0.717) is 16.8 Å². The van der Waals surface area contributed by atoms with Crippen LogP contribution in [0.4, 0.5) is 0 Å². The molecule has 3 nitrogen and oxygen atoms in total. The third-order valence-corrected chi connectivity index (χ3v) is 2.68. The molecule has 0 atom stereocenters. The van der Waals surface area contributed by atoms with Gasteiger partial charge in [-0.25, -0.2) is 0 Å². The first-order valence-electron chi connectivity index (χ1n) is 4.81. The number of halogens is 1. The molecule has 0 amide bonds. The molecule has 0 aliphatic carbocycles. The van der Waals surface area contributed by atoms with Crippen LogP contribution in [0, 0.1) is 0 Å². The minimum atomic E-state index is -0.456. The summed E-state index contributed by atoms with van der Waals surface area (Å²) in [6, 6.07) is 3.57. The summed E-state index contributed by atoms with van der Waals surface area (Å²) in [4.78, 5) is 0. The van der Waals surface area contributed by atoms with E-state index in [1.54, 1.807) is 12.1 Å². The summed E-state index contributed by atoms with van der Waals surface area (Å²) >= 11 is 3.27. The van der Waals surface area contributed by atoms with Crippen molar-refractivity contribution in [1.82, 2.24) is 0 Å². The second-order valence-corrected chi connectivity index (χ2v) is 4.81. The lowest BCUT2D eigenvalue weighted by Gasteiger charge is -2.21. The SMILES string of the molecule is CCOc1cc(C(C)(C)N)cc(Br)c1O. The van der Waals surface area contributed by atoms with Crippen LogP contribution < -0.4 is 10.5 Å². The van der Waals surface area contributed by atoms with Gasteiger partial charge in [0, 0.05) is 5.54 Å². The quantitative estimate of drug-likeness (QED) is 0.891. The Kier molecular flexibility index (Phi) is 3.62. The number of phenolic OH excluding ortho intramolecular Hbond substituents is 1. The topological polar surface area (TPSA) is 55.5 Å². The largest absolute Gasteiger partial charge is 0.503 e. The second-order valence-electron chi connectivity index (χ2n) is 3.96. The monoisotopic (exact) mass is 273 g/mol. The molecule has 15 heavy (non-hydrogen) atoms. The third-order valence-electron chi connectivity index (χ3n) is 2.07. The Bertz CT molecular complexity index is 358. The van der Waals surface area contributed by atoms with Crippen LogP contribution in [0.2, 0.25) is 0 Å². The first-order chi connectivity index (χ1) is 6.86. The summed E-state index contributed by atoms with van der Waals surface area (Å²) in [5.41, 5.74) is 6.44. The number of phenols is 1. The minimum absolute atomic E-state index is 0.116. The highest BCUT2D eigenvalue weighted by molar-refractivity contribution is 9.10. The van der Waals surface area contributed by atoms with Crippen molar-refractivity contribution in [2.45, 2.75) is 26.3 Å². The van der Waals surface area contributed by atoms with Crippen molar-refractivity contribution in [3.8, 4) is 11.5 Å². The van der Waals surface area contributed by atoms with Crippen LogP contribution in [0.25, 0.3) is 0 Å². The fraction of sp³-hybridized carbons (Fsp3) is 0.455. The van der Waals surface area contributed by atoms with Gasteiger partial charge in [0.25, 0.3) is 0 Å². The Balaban J connectivity index is 3.23. The Hall–Kier alpha value is -0.740. The van der Waals surface area contributed by atoms with Crippen LogP contribution in [-0.4, -0.2) is 11.7 Å². The molecule has 3 N–H and O–H groups in total. The van der Waals surface area contributed by atoms with Gasteiger partial charge in [-0.2, -0.15) is 0 Å². The van der Waals surface area contributed by atoms with Gasteiger partial charge in [0.05, 0.1) is 11.1 Å². The van der Waals surface area contributed by atoms with E-state index < -0.39 is 5.54 Å². The Morgan fingerprint density at radius 2 is 2.07 bits per heavy atom. The maximum absolute atomic E-state index is 9.71. The summed E-state index contributed by atoms with van der Waals surface area (Å²) in [6.07, 6.45) is 0. The Labute approximate surface area is 98.4 Å². The summed E-state index contributed by atoms with van der Waals surface area (Å²) in [7, 11) is 0. The number of aromatic hydroxyl groups is 1. The van der Waals surface area contributed by atoms with Gasteiger partial charge in [-0.1, -0.05) is 0 Å². The molecule has 0 aliphatic rings. The van der Waals surface area contributed by atoms with Crippen LogP contribution in [-0.2, 0) is 5.54 Å². The van der Waals surface area contributed by atoms with E-state index in [1.165, 1.54) is 0 Å².